The van der Waals surface area contributed by atoms with E-state index in [-0.39, 0.29) is 0 Å². The fourth-order valence-corrected chi connectivity index (χ4v) is 3.92. The average Bonchev–Trinajstić information content (AvgIpc) is 3.21. The lowest BCUT2D eigenvalue weighted by Crippen LogP contribution is -2.40. The van der Waals surface area contributed by atoms with Crippen LogP contribution in [0, 0.1) is 0 Å². The van der Waals surface area contributed by atoms with E-state index in [1.165, 1.54) is 0 Å². The minimum Gasteiger partial charge on any atom is -0.367 e. The van der Waals surface area contributed by atoms with Crippen LogP contribution in [0.1, 0.15) is 27.7 Å². The molecule has 7 nitrogen and oxygen atoms in total. The number of fused-ring (bicyclic) bond motifs is 1. The summed E-state index contributed by atoms with van der Waals surface area (Å²) in [4.78, 5) is 16.7. The van der Waals surface area contributed by atoms with Gasteiger partial charge >= 0.3 is 0 Å². The van der Waals surface area contributed by atoms with Crippen LogP contribution in [-0.2, 0) is 0 Å². The molecule has 0 atom stereocenters. The molecule has 4 rings (SSSR count). The molecule has 0 amide bonds. The maximum absolute atomic E-state index is 4.79. The number of nitrogens with zero attached hydrogens (tertiary/aromatic N) is 5. The van der Waals surface area contributed by atoms with Gasteiger partial charge in [-0.05, 0) is 52.0 Å². The molecule has 4 aromatic rings. The van der Waals surface area contributed by atoms with Crippen molar-refractivity contribution in [2.75, 3.05) is 23.7 Å². The Labute approximate surface area is 189 Å². The predicted molar refractivity (Wildman–Crippen MR) is 132 cm³/mol. The molecule has 0 fully saturated rings. The standard InChI is InChI=1S/C25H31N7/c1-18(2)31(19(3)4)16-15-26-23-22-24(32(17-27-22)21-13-9-6-10-14-21)30-25(29-23)28-20-11-7-5-8-12-20/h5-14,17-19H,15-16H2,1-4H3,(H2,26,28,29,30). The Balaban J connectivity index is 1.67. The van der Waals surface area contributed by atoms with Gasteiger partial charge in [-0.3, -0.25) is 9.47 Å². The summed E-state index contributed by atoms with van der Waals surface area (Å²) in [6, 6.07) is 21.0. The molecule has 0 bridgehead atoms. The monoisotopic (exact) mass is 429 g/mol. The van der Waals surface area contributed by atoms with Gasteiger partial charge in [0.2, 0.25) is 5.95 Å². The second-order valence-electron chi connectivity index (χ2n) is 8.36. The van der Waals surface area contributed by atoms with Crippen molar-refractivity contribution in [1.82, 2.24) is 24.4 Å². The first-order valence-corrected chi connectivity index (χ1v) is 11.1. The first kappa shape index (κ1) is 21.8. The molecule has 2 N–H and O–H groups in total. The summed E-state index contributed by atoms with van der Waals surface area (Å²) in [5.74, 6) is 1.27. The molecule has 166 valence electrons. The summed E-state index contributed by atoms with van der Waals surface area (Å²) in [7, 11) is 0. The van der Waals surface area contributed by atoms with Crippen molar-refractivity contribution in [2.45, 2.75) is 39.8 Å². The molecule has 2 heterocycles. The smallest absolute Gasteiger partial charge is 0.231 e. The van der Waals surface area contributed by atoms with E-state index in [2.05, 4.69) is 48.2 Å². The quantitative estimate of drug-likeness (QED) is 0.386. The fourth-order valence-electron chi connectivity index (χ4n) is 3.92. The van der Waals surface area contributed by atoms with Gasteiger partial charge in [-0.1, -0.05) is 36.4 Å². The second-order valence-corrected chi connectivity index (χ2v) is 8.36. The van der Waals surface area contributed by atoms with Gasteiger partial charge in [0.15, 0.2) is 17.0 Å². The number of hydrogen-bond acceptors (Lipinski definition) is 6. The normalized spacial score (nSPS) is 11.6. The van der Waals surface area contributed by atoms with Crippen molar-refractivity contribution in [2.24, 2.45) is 0 Å². The minimum absolute atomic E-state index is 0.481. The molecule has 0 spiro atoms. The number of aromatic nitrogens is 4. The SMILES string of the molecule is CC(C)N(CCNc1nc(Nc2ccccc2)nc2c1ncn2-c1ccccc1)C(C)C. The Morgan fingerprint density at radius 3 is 2.19 bits per heavy atom. The molecule has 0 radical (unpaired) electrons. The number of benzene rings is 2. The van der Waals surface area contributed by atoms with Crippen molar-refractivity contribution >= 4 is 28.6 Å². The van der Waals surface area contributed by atoms with Crippen molar-refractivity contribution < 1.29 is 0 Å². The number of rotatable bonds is 9. The van der Waals surface area contributed by atoms with E-state index in [4.69, 9.17) is 9.97 Å². The van der Waals surface area contributed by atoms with Gasteiger partial charge in [0.1, 0.15) is 6.33 Å². The number of anilines is 3. The molecule has 0 saturated carbocycles. The highest BCUT2D eigenvalue weighted by Crippen LogP contribution is 2.25. The predicted octanol–water partition coefficient (Wildman–Crippen LogP) is 5.09. The zero-order chi connectivity index (χ0) is 22.5. The summed E-state index contributed by atoms with van der Waals surface area (Å²) in [6.07, 6.45) is 1.81. The zero-order valence-corrected chi connectivity index (χ0v) is 19.2. The zero-order valence-electron chi connectivity index (χ0n) is 19.2. The van der Waals surface area contributed by atoms with E-state index in [1.54, 1.807) is 6.33 Å². The molecule has 2 aromatic heterocycles. The first-order chi connectivity index (χ1) is 15.5. The summed E-state index contributed by atoms with van der Waals surface area (Å²) >= 11 is 0. The van der Waals surface area contributed by atoms with Gasteiger partial charge in [0.05, 0.1) is 0 Å². The van der Waals surface area contributed by atoms with E-state index in [0.717, 1.165) is 41.4 Å². The lowest BCUT2D eigenvalue weighted by Gasteiger charge is -2.30. The lowest BCUT2D eigenvalue weighted by molar-refractivity contribution is 0.182. The highest BCUT2D eigenvalue weighted by Gasteiger charge is 2.16. The highest BCUT2D eigenvalue weighted by molar-refractivity contribution is 5.85. The Bertz CT molecular complexity index is 1130. The molecule has 0 unspecified atom stereocenters. The number of hydrogen-bond donors (Lipinski definition) is 2. The first-order valence-electron chi connectivity index (χ1n) is 11.1. The lowest BCUT2D eigenvalue weighted by atomic mass is 10.2. The highest BCUT2D eigenvalue weighted by atomic mass is 15.2. The molecular weight excluding hydrogens is 398 g/mol. The molecule has 0 saturated heterocycles. The third kappa shape index (κ3) is 4.89. The van der Waals surface area contributed by atoms with E-state index in [1.807, 2.05) is 65.2 Å². The van der Waals surface area contributed by atoms with Gasteiger partial charge < -0.3 is 10.6 Å². The van der Waals surface area contributed by atoms with Crippen LogP contribution < -0.4 is 10.6 Å². The van der Waals surface area contributed by atoms with Crippen LogP contribution >= 0.6 is 0 Å². The Morgan fingerprint density at radius 2 is 1.53 bits per heavy atom. The number of para-hydroxylation sites is 2. The maximum atomic E-state index is 4.79. The largest absolute Gasteiger partial charge is 0.367 e. The van der Waals surface area contributed by atoms with Gasteiger partial charge in [-0.2, -0.15) is 9.97 Å². The Hall–Kier alpha value is -3.45. The van der Waals surface area contributed by atoms with Gasteiger partial charge in [0.25, 0.3) is 0 Å². The van der Waals surface area contributed by atoms with Gasteiger partial charge in [-0.25, -0.2) is 4.98 Å². The number of imidazole rings is 1. The minimum atomic E-state index is 0.481. The fraction of sp³-hybridized carbons (Fsp3) is 0.320. The van der Waals surface area contributed by atoms with E-state index >= 15 is 0 Å². The maximum Gasteiger partial charge on any atom is 0.231 e. The van der Waals surface area contributed by atoms with Gasteiger partial charge in [0, 0.05) is 36.5 Å². The molecule has 2 aromatic carbocycles. The topological polar surface area (TPSA) is 70.9 Å². The number of nitrogens with one attached hydrogen (secondary N) is 2. The summed E-state index contributed by atoms with van der Waals surface area (Å²) in [5, 5.41) is 6.84. The second kappa shape index (κ2) is 9.78. The third-order valence-electron chi connectivity index (χ3n) is 5.45. The van der Waals surface area contributed by atoms with Gasteiger partial charge in [-0.15, -0.1) is 0 Å². The Morgan fingerprint density at radius 1 is 0.875 bits per heavy atom. The van der Waals surface area contributed by atoms with Crippen molar-refractivity contribution in [1.29, 1.82) is 0 Å². The van der Waals surface area contributed by atoms with Crippen LogP contribution in [-0.4, -0.2) is 49.6 Å². The van der Waals surface area contributed by atoms with Crippen LogP contribution in [0.2, 0.25) is 0 Å². The summed E-state index contributed by atoms with van der Waals surface area (Å²) in [5.41, 5.74) is 3.47. The van der Waals surface area contributed by atoms with Crippen LogP contribution in [0.25, 0.3) is 16.9 Å². The van der Waals surface area contributed by atoms with Crippen LogP contribution in [0.4, 0.5) is 17.5 Å². The molecule has 0 aliphatic heterocycles. The van der Waals surface area contributed by atoms with Crippen molar-refractivity contribution in [3.05, 3.63) is 67.0 Å². The molecular formula is C25H31N7. The summed E-state index contributed by atoms with van der Waals surface area (Å²) in [6.45, 7) is 10.6. The van der Waals surface area contributed by atoms with E-state index in [9.17, 15) is 0 Å². The molecule has 0 aliphatic carbocycles. The average molecular weight is 430 g/mol. The van der Waals surface area contributed by atoms with Crippen LogP contribution in [0.5, 0.6) is 0 Å². The molecule has 32 heavy (non-hydrogen) atoms. The van der Waals surface area contributed by atoms with Crippen LogP contribution in [0.3, 0.4) is 0 Å². The third-order valence-corrected chi connectivity index (χ3v) is 5.45. The van der Waals surface area contributed by atoms with Crippen LogP contribution in [0.15, 0.2) is 67.0 Å². The molecule has 0 aliphatic rings. The molecule has 7 heteroatoms. The van der Waals surface area contributed by atoms with Crippen molar-refractivity contribution in [3.8, 4) is 5.69 Å². The van der Waals surface area contributed by atoms with Crippen molar-refractivity contribution in [3.63, 3.8) is 0 Å². The van der Waals surface area contributed by atoms with E-state index in [0.29, 0.717) is 18.0 Å². The summed E-state index contributed by atoms with van der Waals surface area (Å²) < 4.78 is 1.99. The van der Waals surface area contributed by atoms with E-state index < -0.39 is 0 Å². The Kier molecular flexibility index (Phi) is 6.66.